The normalized spacial score (nSPS) is 17.2. The lowest BCUT2D eigenvalue weighted by Gasteiger charge is -2.35. The van der Waals surface area contributed by atoms with Gasteiger partial charge < -0.3 is 20.0 Å². The summed E-state index contributed by atoms with van der Waals surface area (Å²) >= 11 is 0. The van der Waals surface area contributed by atoms with Crippen LogP contribution in [0.25, 0.3) is 0 Å². The van der Waals surface area contributed by atoms with Crippen molar-refractivity contribution in [1.29, 1.82) is 0 Å². The van der Waals surface area contributed by atoms with Crippen LogP contribution in [0.15, 0.2) is 30.3 Å². The lowest BCUT2D eigenvalue weighted by atomic mass is 10.2. The molecule has 2 aliphatic rings. The Balaban J connectivity index is 1.37. The van der Waals surface area contributed by atoms with Crippen LogP contribution in [-0.4, -0.2) is 60.2 Å². The summed E-state index contributed by atoms with van der Waals surface area (Å²) in [5, 5.41) is 2.56. The Kier molecular flexibility index (Phi) is 5.88. The van der Waals surface area contributed by atoms with Gasteiger partial charge in [0.2, 0.25) is 5.95 Å². The second-order valence-electron chi connectivity index (χ2n) is 7.84. The van der Waals surface area contributed by atoms with E-state index >= 15 is 0 Å². The predicted octanol–water partition coefficient (Wildman–Crippen LogP) is 3.76. The molecule has 7 nitrogen and oxygen atoms in total. The van der Waals surface area contributed by atoms with Gasteiger partial charge in [0.15, 0.2) is 0 Å². The molecule has 2 saturated heterocycles. The molecule has 2 fully saturated rings. The average Bonchev–Trinajstić information content (AvgIpc) is 3.28. The molecule has 0 unspecified atom stereocenters. The van der Waals surface area contributed by atoms with Crippen LogP contribution in [0.1, 0.15) is 24.1 Å². The molecule has 2 aliphatic heterocycles. The van der Waals surface area contributed by atoms with Gasteiger partial charge in [-0.15, -0.1) is 0 Å². The molecular formula is C21H25F3N6O. The Morgan fingerprint density at radius 1 is 0.968 bits per heavy atom. The van der Waals surface area contributed by atoms with Gasteiger partial charge in [-0.3, -0.25) is 0 Å². The molecule has 0 radical (unpaired) electrons. The van der Waals surface area contributed by atoms with Gasteiger partial charge in [-0.2, -0.15) is 18.2 Å². The van der Waals surface area contributed by atoms with Gasteiger partial charge >= 0.3 is 12.2 Å². The van der Waals surface area contributed by atoms with Crippen LogP contribution in [0.3, 0.4) is 0 Å². The number of nitrogens with one attached hydrogen (secondary N) is 1. The second-order valence-corrected chi connectivity index (χ2v) is 7.84. The Labute approximate surface area is 178 Å². The zero-order chi connectivity index (χ0) is 22.0. The number of anilines is 3. The van der Waals surface area contributed by atoms with Crippen LogP contribution in [-0.2, 0) is 6.18 Å². The Bertz CT molecular complexity index is 937. The molecule has 2 aromatic rings. The van der Waals surface area contributed by atoms with E-state index in [2.05, 4.69) is 15.2 Å². The topological polar surface area (TPSA) is 64.6 Å². The number of alkyl halides is 3. The summed E-state index contributed by atoms with van der Waals surface area (Å²) in [4.78, 5) is 27.7. The number of aryl methyl sites for hydroxylation is 1. The molecule has 0 spiro atoms. The highest BCUT2D eigenvalue weighted by Gasteiger charge is 2.31. The Hall–Kier alpha value is -3.04. The van der Waals surface area contributed by atoms with E-state index in [1.54, 1.807) is 4.90 Å². The third-order valence-corrected chi connectivity index (χ3v) is 5.55. The van der Waals surface area contributed by atoms with Gasteiger partial charge in [0.1, 0.15) is 5.82 Å². The van der Waals surface area contributed by atoms with Crippen LogP contribution in [0.4, 0.5) is 35.4 Å². The summed E-state index contributed by atoms with van der Waals surface area (Å²) in [6, 6.07) is 6.23. The van der Waals surface area contributed by atoms with Crippen molar-refractivity contribution in [3.8, 4) is 0 Å². The lowest BCUT2D eigenvalue weighted by Crippen LogP contribution is -2.50. The number of carbonyl (C=O) groups is 1. The third kappa shape index (κ3) is 5.00. The maximum atomic E-state index is 12.9. The van der Waals surface area contributed by atoms with Crippen molar-refractivity contribution < 1.29 is 18.0 Å². The quantitative estimate of drug-likeness (QED) is 0.797. The van der Waals surface area contributed by atoms with Gasteiger partial charge in [0.25, 0.3) is 0 Å². The van der Waals surface area contributed by atoms with E-state index < -0.39 is 17.8 Å². The van der Waals surface area contributed by atoms with Gasteiger partial charge in [-0.25, -0.2) is 9.78 Å². The number of amides is 2. The van der Waals surface area contributed by atoms with Gasteiger partial charge in [0.05, 0.1) is 5.56 Å². The van der Waals surface area contributed by atoms with Crippen LogP contribution >= 0.6 is 0 Å². The first-order valence-electron chi connectivity index (χ1n) is 10.4. The van der Waals surface area contributed by atoms with Crippen LogP contribution in [0.5, 0.6) is 0 Å². The molecule has 4 rings (SSSR count). The van der Waals surface area contributed by atoms with Gasteiger partial charge in [-0.1, -0.05) is 6.07 Å². The SMILES string of the molecule is Cc1cc(N2CCCC2)nc(N2CCN(C(=O)Nc3cccc(C(F)(F)F)c3)CC2)n1. The van der Waals surface area contributed by atoms with Gasteiger partial charge in [-0.05, 0) is 38.0 Å². The smallest absolute Gasteiger partial charge is 0.356 e. The fourth-order valence-corrected chi connectivity index (χ4v) is 3.87. The highest BCUT2D eigenvalue weighted by atomic mass is 19.4. The highest BCUT2D eigenvalue weighted by Crippen LogP contribution is 2.30. The van der Waals surface area contributed by atoms with E-state index in [-0.39, 0.29) is 5.69 Å². The van der Waals surface area contributed by atoms with E-state index in [1.807, 2.05) is 17.9 Å². The molecule has 31 heavy (non-hydrogen) atoms. The average molecular weight is 434 g/mol. The number of aromatic nitrogens is 2. The standard InChI is InChI=1S/C21H25F3N6O/c1-15-13-18(28-7-2-3-8-28)27-19(25-15)29-9-11-30(12-10-29)20(31)26-17-6-4-5-16(14-17)21(22,23)24/h4-6,13-14H,2-3,7-12H2,1H3,(H,26,31). The Morgan fingerprint density at radius 2 is 1.68 bits per heavy atom. The molecule has 10 heteroatoms. The summed E-state index contributed by atoms with van der Waals surface area (Å²) in [6.45, 7) is 5.92. The largest absolute Gasteiger partial charge is 0.416 e. The molecule has 3 heterocycles. The summed E-state index contributed by atoms with van der Waals surface area (Å²) in [7, 11) is 0. The lowest BCUT2D eigenvalue weighted by molar-refractivity contribution is -0.137. The maximum Gasteiger partial charge on any atom is 0.416 e. The predicted molar refractivity (Wildman–Crippen MR) is 112 cm³/mol. The highest BCUT2D eigenvalue weighted by molar-refractivity contribution is 5.89. The number of hydrogen-bond acceptors (Lipinski definition) is 5. The van der Waals surface area contributed by atoms with Crippen molar-refractivity contribution in [3.63, 3.8) is 0 Å². The van der Waals surface area contributed by atoms with Crippen LogP contribution in [0, 0.1) is 6.92 Å². The van der Waals surface area contributed by atoms with E-state index in [9.17, 15) is 18.0 Å². The second kappa shape index (κ2) is 8.60. The van der Waals surface area contributed by atoms with Crippen molar-refractivity contribution in [3.05, 3.63) is 41.6 Å². The zero-order valence-corrected chi connectivity index (χ0v) is 17.3. The minimum absolute atomic E-state index is 0.125. The molecule has 166 valence electrons. The third-order valence-electron chi connectivity index (χ3n) is 5.55. The van der Waals surface area contributed by atoms with E-state index in [1.165, 1.54) is 12.1 Å². The minimum Gasteiger partial charge on any atom is -0.356 e. The molecule has 0 saturated carbocycles. The number of halogens is 3. The van der Waals surface area contributed by atoms with Crippen molar-refractivity contribution in [2.75, 3.05) is 54.4 Å². The summed E-state index contributed by atoms with van der Waals surface area (Å²) in [5.41, 5.74) is 0.233. The number of rotatable bonds is 3. The van der Waals surface area contributed by atoms with Crippen molar-refractivity contribution in [2.45, 2.75) is 25.9 Å². The molecule has 0 aliphatic carbocycles. The number of benzene rings is 1. The number of piperazine rings is 1. The number of urea groups is 1. The number of nitrogens with zero attached hydrogens (tertiary/aromatic N) is 5. The summed E-state index contributed by atoms with van der Waals surface area (Å²) < 4.78 is 38.6. The first-order valence-corrected chi connectivity index (χ1v) is 10.4. The molecular weight excluding hydrogens is 409 g/mol. The van der Waals surface area contributed by atoms with Gasteiger partial charge in [0, 0.05) is 56.7 Å². The maximum absolute atomic E-state index is 12.9. The summed E-state index contributed by atoms with van der Waals surface area (Å²) in [6.07, 6.45) is -2.12. The monoisotopic (exact) mass is 434 g/mol. The van der Waals surface area contributed by atoms with Crippen LogP contribution in [0.2, 0.25) is 0 Å². The molecule has 1 aromatic heterocycles. The van der Waals surface area contributed by atoms with E-state index in [0.29, 0.717) is 32.1 Å². The Morgan fingerprint density at radius 3 is 2.35 bits per heavy atom. The fraction of sp³-hybridized carbons (Fsp3) is 0.476. The minimum atomic E-state index is -4.45. The molecule has 0 bridgehead atoms. The van der Waals surface area contributed by atoms with Crippen molar-refractivity contribution in [2.24, 2.45) is 0 Å². The molecule has 1 N–H and O–H groups in total. The van der Waals surface area contributed by atoms with Crippen molar-refractivity contribution >= 4 is 23.5 Å². The first kappa shape index (κ1) is 21.2. The fourth-order valence-electron chi connectivity index (χ4n) is 3.87. The first-order chi connectivity index (χ1) is 14.8. The molecule has 0 atom stereocenters. The number of carbonyl (C=O) groups excluding carboxylic acids is 1. The zero-order valence-electron chi connectivity index (χ0n) is 17.3. The van der Waals surface area contributed by atoms with E-state index in [4.69, 9.17) is 4.98 Å². The summed E-state index contributed by atoms with van der Waals surface area (Å²) in [5.74, 6) is 1.59. The van der Waals surface area contributed by atoms with E-state index in [0.717, 1.165) is 49.6 Å². The van der Waals surface area contributed by atoms with Crippen LogP contribution < -0.4 is 15.1 Å². The van der Waals surface area contributed by atoms with Crippen molar-refractivity contribution in [1.82, 2.24) is 14.9 Å². The molecule has 2 amide bonds. The number of hydrogen-bond donors (Lipinski definition) is 1. The molecule has 1 aromatic carbocycles.